The van der Waals surface area contributed by atoms with Crippen LogP contribution in [0.3, 0.4) is 0 Å². The molecule has 0 fully saturated rings. The zero-order chi connectivity index (χ0) is 29.3. The van der Waals surface area contributed by atoms with Crippen molar-refractivity contribution in [2.75, 3.05) is 12.1 Å². The maximum atomic E-state index is 6.51. The summed E-state index contributed by atoms with van der Waals surface area (Å²) in [5, 5.41) is 7.62. The summed E-state index contributed by atoms with van der Waals surface area (Å²) >= 11 is 0. The van der Waals surface area contributed by atoms with Gasteiger partial charge in [0.05, 0.1) is 0 Å². The predicted molar refractivity (Wildman–Crippen MR) is 171 cm³/mol. The van der Waals surface area contributed by atoms with Crippen LogP contribution in [0.25, 0.3) is 55.1 Å². The van der Waals surface area contributed by atoms with Crippen molar-refractivity contribution in [2.45, 2.75) is 26.2 Å². The predicted octanol–water partition coefficient (Wildman–Crippen LogP) is 9.19. The molecule has 4 aromatic carbocycles. The number of ether oxygens (including phenoxy) is 1. The summed E-state index contributed by atoms with van der Waals surface area (Å²) in [6.07, 6.45) is 5.63. The first kappa shape index (κ1) is 28.2. The topological polar surface area (TPSA) is 60.8 Å². The number of pyridine rings is 1. The smallest absolute Gasteiger partial charge is 0.135 e. The quantitative estimate of drug-likeness (QED) is 0.168. The standard InChI is InChI=1S/C36H28N5O2.Pt/c1-36(2,3)23-15-16-37-34(19-23)41-30-11-7-5-9-26(30)27-14-13-24(21-31(27)41)42-25-20-29-28-10-6-8-12-33(28)43-35(29)32(22-25)40-18-17-39(4)38-40;/h5-20H,1-4H3;/q-3;. The third-order valence-electron chi connectivity index (χ3n) is 7.87. The molecule has 0 spiro atoms. The fourth-order valence-electron chi connectivity index (χ4n) is 5.73. The van der Waals surface area contributed by atoms with E-state index in [4.69, 9.17) is 14.1 Å². The second-order valence-corrected chi connectivity index (χ2v) is 11.8. The van der Waals surface area contributed by atoms with Gasteiger partial charge in [0.15, 0.2) is 0 Å². The van der Waals surface area contributed by atoms with Gasteiger partial charge in [-0.25, -0.2) is 4.98 Å². The Morgan fingerprint density at radius 2 is 1.61 bits per heavy atom. The molecule has 0 radical (unpaired) electrons. The maximum absolute atomic E-state index is 6.51. The van der Waals surface area contributed by atoms with E-state index in [-0.39, 0.29) is 26.5 Å². The monoisotopic (exact) mass is 757 g/mol. The van der Waals surface area contributed by atoms with Crippen molar-refractivity contribution in [1.29, 1.82) is 0 Å². The van der Waals surface area contributed by atoms with Crippen LogP contribution < -0.4 is 9.75 Å². The van der Waals surface area contributed by atoms with Crippen molar-refractivity contribution in [3.63, 3.8) is 0 Å². The van der Waals surface area contributed by atoms with Crippen LogP contribution in [0.5, 0.6) is 11.5 Å². The first-order valence-corrected chi connectivity index (χ1v) is 14.2. The van der Waals surface area contributed by atoms with Gasteiger partial charge in [-0.1, -0.05) is 68.1 Å². The van der Waals surface area contributed by atoms with Gasteiger partial charge in [-0.15, -0.1) is 29.7 Å². The van der Waals surface area contributed by atoms with Crippen molar-refractivity contribution in [3.05, 3.63) is 121 Å². The zero-order valence-corrected chi connectivity index (χ0v) is 26.9. The van der Waals surface area contributed by atoms with Crippen molar-refractivity contribution in [3.8, 4) is 17.3 Å². The van der Waals surface area contributed by atoms with Gasteiger partial charge in [-0.05, 0) is 59.6 Å². The largest absolute Gasteiger partial charge is 0.514 e. The van der Waals surface area contributed by atoms with Gasteiger partial charge < -0.3 is 29.3 Å². The first-order chi connectivity index (χ1) is 20.8. The molecule has 8 heteroatoms. The zero-order valence-electron chi connectivity index (χ0n) is 24.6. The van der Waals surface area contributed by atoms with Crippen LogP contribution in [-0.2, 0) is 26.5 Å². The number of hydrogen-bond acceptors (Lipinski definition) is 5. The summed E-state index contributed by atoms with van der Waals surface area (Å²) in [5.74, 6) is 1.96. The van der Waals surface area contributed by atoms with Gasteiger partial charge in [0.2, 0.25) is 0 Å². The van der Waals surface area contributed by atoms with E-state index in [0.717, 1.165) is 44.0 Å². The van der Waals surface area contributed by atoms with E-state index in [1.54, 1.807) is 10.0 Å². The van der Waals surface area contributed by atoms with Gasteiger partial charge in [-0.3, -0.25) is 0 Å². The molecule has 1 aliphatic rings. The Labute approximate surface area is 269 Å². The maximum Gasteiger partial charge on any atom is 0.135 e. The molecule has 7 aromatic rings. The van der Waals surface area contributed by atoms with Gasteiger partial charge in [0, 0.05) is 61.4 Å². The molecule has 3 aromatic heterocycles. The Hall–Kier alpha value is -4.58. The molecular weight excluding hydrogens is 730 g/mol. The number of benzene rings is 4. The van der Waals surface area contributed by atoms with Crippen LogP contribution >= 0.6 is 0 Å². The third-order valence-corrected chi connectivity index (χ3v) is 7.87. The number of para-hydroxylation sites is 2. The Morgan fingerprint density at radius 3 is 2.41 bits per heavy atom. The molecule has 0 saturated heterocycles. The van der Waals surface area contributed by atoms with Crippen LogP contribution in [0.4, 0.5) is 5.69 Å². The van der Waals surface area contributed by atoms with E-state index in [9.17, 15) is 0 Å². The minimum atomic E-state index is -0.0104. The van der Waals surface area contributed by atoms with Crippen LogP contribution in [0.15, 0.2) is 102 Å². The summed E-state index contributed by atoms with van der Waals surface area (Å²) in [4.78, 5) is 4.79. The first-order valence-electron chi connectivity index (χ1n) is 14.2. The molecule has 0 N–H and O–H groups in total. The van der Waals surface area contributed by atoms with Crippen LogP contribution in [-0.4, -0.2) is 21.6 Å². The summed E-state index contributed by atoms with van der Waals surface area (Å²) in [6.45, 7) is 6.64. The van der Waals surface area contributed by atoms with E-state index in [1.165, 1.54) is 5.56 Å². The molecule has 8 rings (SSSR count). The normalized spacial score (nSPS) is 13.5. The Morgan fingerprint density at radius 1 is 0.818 bits per heavy atom. The van der Waals surface area contributed by atoms with E-state index < -0.39 is 0 Å². The molecule has 1 aliphatic heterocycles. The van der Waals surface area contributed by atoms with Gasteiger partial charge >= 0.3 is 0 Å². The number of anilines is 1. The number of nitrogens with zero attached hydrogens (tertiary/aromatic N) is 5. The molecule has 7 nitrogen and oxygen atoms in total. The minimum absolute atomic E-state index is 0. The fourth-order valence-corrected chi connectivity index (χ4v) is 5.73. The van der Waals surface area contributed by atoms with Crippen LogP contribution in [0.1, 0.15) is 26.3 Å². The van der Waals surface area contributed by atoms with Crippen LogP contribution in [0, 0.1) is 12.1 Å². The molecule has 0 saturated carbocycles. The second kappa shape index (κ2) is 10.5. The Bertz CT molecular complexity index is 2230. The SMILES string of the molecule is CN1C=CN(c2[c-]c(Oc3[c-]c4c(cc3)c3ccccc3n4-c3cc(C(C)(C)C)ccn3)cc3c2oc2ccccc23)[N-]1.[Pt]. The molecule has 0 amide bonds. The van der Waals surface area contributed by atoms with Crippen molar-refractivity contribution >= 4 is 49.4 Å². The number of furan rings is 1. The third kappa shape index (κ3) is 4.64. The van der Waals surface area contributed by atoms with Crippen molar-refractivity contribution < 1.29 is 30.2 Å². The number of aromatic nitrogens is 2. The second-order valence-electron chi connectivity index (χ2n) is 11.8. The average molecular weight is 758 g/mol. The van der Waals surface area contributed by atoms with E-state index in [2.05, 4.69) is 85.5 Å². The van der Waals surface area contributed by atoms with E-state index >= 15 is 0 Å². The van der Waals surface area contributed by atoms with Gasteiger partial charge in [0.1, 0.15) is 11.4 Å². The summed E-state index contributed by atoms with van der Waals surface area (Å²) < 4.78 is 14.9. The Balaban J connectivity index is 0.00000312. The van der Waals surface area contributed by atoms with Crippen molar-refractivity contribution in [1.82, 2.24) is 14.6 Å². The number of rotatable bonds is 4. The van der Waals surface area contributed by atoms with Gasteiger partial charge in [0.25, 0.3) is 0 Å². The van der Waals surface area contributed by atoms with Gasteiger partial charge in [-0.2, -0.15) is 6.07 Å². The molecular formula is C36H28N5O2Pt-3. The minimum Gasteiger partial charge on any atom is -0.514 e. The number of hydrogen-bond donors (Lipinski definition) is 0. The Kier molecular flexibility index (Phi) is 6.76. The van der Waals surface area contributed by atoms with E-state index in [1.807, 2.05) is 62.0 Å². The molecule has 0 unspecified atom stereocenters. The summed E-state index contributed by atoms with van der Waals surface area (Å²) in [7, 11) is 1.88. The molecule has 0 aliphatic carbocycles. The fraction of sp³-hybridized carbons (Fsp3) is 0.139. The summed E-state index contributed by atoms with van der Waals surface area (Å²) in [6, 6.07) is 33.6. The average Bonchev–Trinajstić information content (AvgIpc) is 3.70. The number of fused-ring (bicyclic) bond motifs is 6. The molecule has 0 atom stereocenters. The summed E-state index contributed by atoms with van der Waals surface area (Å²) in [5.41, 5.74) is 9.88. The van der Waals surface area contributed by atoms with Crippen LogP contribution in [0.2, 0.25) is 0 Å². The molecule has 44 heavy (non-hydrogen) atoms. The molecule has 222 valence electrons. The molecule has 4 heterocycles. The molecule has 0 bridgehead atoms. The van der Waals surface area contributed by atoms with E-state index in [0.29, 0.717) is 22.8 Å². The van der Waals surface area contributed by atoms with Crippen molar-refractivity contribution in [2.24, 2.45) is 0 Å².